The molecule has 1 saturated heterocycles. The van der Waals surface area contributed by atoms with Crippen LogP contribution in [0.3, 0.4) is 0 Å². The molecule has 6 nitrogen and oxygen atoms in total. The molecule has 0 aliphatic carbocycles. The summed E-state index contributed by atoms with van der Waals surface area (Å²) in [5.41, 5.74) is 0.537. The van der Waals surface area contributed by atoms with Gasteiger partial charge in [-0.1, -0.05) is 32.8 Å². The number of anilines is 1. The number of nitrogens with zero attached hydrogens (tertiary/aromatic N) is 2. The first-order valence-corrected chi connectivity index (χ1v) is 10.5. The highest BCUT2D eigenvalue weighted by molar-refractivity contribution is 7.89. The predicted octanol–water partition coefficient (Wildman–Crippen LogP) is 2.53. The van der Waals surface area contributed by atoms with Crippen molar-refractivity contribution in [1.82, 2.24) is 9.21 Å². The Kier molecular flexibility index (Phi) is 7.40. The van der Waals surface area contributed by atoms with Gasteiger partial charge in [-0.2, -0.15) is 4.31 Å². The average molecular weight is 368 g/mol. The summed E-state index contributed by atoms with van der Waals surface area (Å²) in [5.74, 6) is -0.0699. The molecule has 0 spiro atoms. The lowest BCUT2D eigenvalue weighted by Gasteiger charge is -2.33. The summed E-state index contributed by atoms with van der Waals surface area (Å²) in [5, 5.41) is 2.80. The maximum atomic E-state index is 12.8. The van der Waals surface area contributed by atoms with Crippen LogP contribution in [0.1, 0.15) is 39.5 Å². The van der Waals surface area contributed by atoms with Crippen LogP contribution in [0, 0.1) is 0 Å². The fraction of sp³-hybridized carbons (Fsp3) is 0.611. The smallest absolute Gasteiger partial charge is 0.243 e. The van der Waals surface area contributed by atoms with E-state index in [-0.39, 0.29) is 10.8 Å². The van der Waals surface area contributed by atoms with Crippen molar-refractivity contribution in [2.24, 2.45) is 0 Å². The Morgan fingerprint density at radius 3 is 2.48 bits per heavy atom. The SMILES string of the molecule is CCCCCC(=O)Nc1cccc(S(=O)(=O)N2CCN(CC)CC2)c1. The molecule has 1 fully saturated rings. The van der Waals surface area contributed by atoms with E-state index in [2.05, 4.69) is 24.1 Å². The zero-order valence-electron chi connectivity index (χ0n) is 15.2. The normalized spacial score (nSPS) is 16.7. The van der Waals surface area contributed by atoms with E-state index in [0.29, 0.717) is 25.2 Å². The van der Waals surface area contributed by atoms with Crippen LogP contribution in [-0.2, 0) is 14.8 Å². The van der Waals surface area contributed by atoms with E-state index in [4.69, 9.17) is 0 Å². The molecule has 0 unspecified atom stereocenters. The van der Waals surface area contributed by atoms with Crippen LogP contribution in [-0.4, -0.2) is 56.3 Å². The molecular weight excluding hydrogens is 338 g/mol. The van der Waals surface area contributed by atoms with Crippen LogP contribution in [0.15, 0.2) is 29.2 Å². The van der Waals surface area contributed by atoms with Crippen molar-refractivity contribution in [3.05, 3.63) is 24.3 Å². The number of carbonyl (C=O) groups is 1. The van der Waals surface area contributed by atoms with Crippen LogP contribution in [0.5, 0.6) is 0 Å². The average Bonchev–Trinajstić information content (AvgIpc) is 2.62. The van der Waals surface area contributed by atoms with Gasteiger partial charge in [0, 0.05) is 38.3 Å². The van der Waals surface area contributed by atoms with E-state index in [1.807, 2.05) is 0 Å². The summed E-state index contributed by atoms with van der Waals surface area (Å²) < 4.78 is 27.2. The van der Waals surface area contributed by atoms with E-state index < -0.39 is 10.0 Å². The van der Waals surface area contributed by atoms with Crippen molar-refractivity contribution in [2.75, 3.05) is 38.0 Å². The molecule has 1 aromatic carbocycles. The molecule has 1 amide bonds. The van der Waals surface area contributed by atoms with Gasteiger partial charge >= 0.3 is 0 Å². The number of nitrogens with one attached hydrogen (secondary N) is 1. The molecule has 1 aromatic rings. The van der Waals surface area contributed by atoms with E-state index in [0.717, 1.165) is 38.9 Å². The number of carbonyl (C=O) groups excluding carboxylic acids is 1. The van der Waals surface area contributed by atoms with Gasteiger partial charge in [-0.15, -0.1) is 0 Å². The number of likely N-dealkylation sites (N-methyl/N-ethyl adjacent to an activating group) is 1. The van der Waals surface area contributed by atoms with Gasteiger partial charge in [0.1, 0.15) is 0 Å². The lowest BCUT2D eigenvalue weighted by Crippen LogP contribution is -2.48. The lowest BCUT2D eigenvalue weighted by atomic mass is 10.2. The van der Waals surface area contributed by atoms with Crippen LogP contribution in [0.4, 0.5) is 5.69 Å². The Bertz CT molecular complexity index is 668. The van der Waals surface area contributed by atoms with Gasteiger partial charge in [0.2, 0.25) is 15.9 Å². The fourth-order valence-corrected chi connectivity index (χ4v) is 4.40. The van der Waals surface area contributed by atoms with Crippen molar-refractivity contribution in [3.8, 4) is 0 Å². The summed E-state index contributed by atoms with van der Waals surface area (Å²) in [6, 6.07) is 6.55. The number of benzene rings is 1. The van der Waals surface area contributed by atoms with Gasteiger partial charge in [-0.3, -0.25) is 4.79 Å². The summed E-state index contributed by atoms with van der Waals surface area (Å²) in [4.78, 5) is 14.4. The summed E-state index contributed by atoms with van der Waals surface area (Å²) in [7, 11) is -3.52. The van der Waals surface area contributed by atoms with Crippen molar-refractivity contribution >= 4 is 21.6 Å². The Morgan fingerprint density at radius 2 is 1.84 bits per heavy atom. The second-order valence-electron chi connectivity index (χ2n) is 6.37. The number of piperazine rings is 1. The molecule has 0 radical (unpaired) electrons. The molecule has 1 aliphatic heterocycles. The molecule has 7 heteroatoms. The maximum Gasteiger partial charge on any atom is 0.243 e. The largest absolute Gasteiger partial charge is 0.326 e. The zero-order chi connectivity index (χ0) is 18.3. The Labute approximate surface area is 151 Å². The van der Waals surface area contributed by atoms with Crippen molar-refractivity contribution in [1.29, 1.82) is 0 Å². The summed E-state index contributed by atoms with van der Waals surface area (Å²) in [6.07, 6.45) is 3.39. The molecule has 0 aromatic heterocycles. The number of hydrogen-bond acceptors (Lipinski definition) is 4. The molecule has 0 saturated carbocycles. The first-order valence-electron chi connectivity index (χ1n) is 9.09. The summed E-state index contributed by atoms with van der Waals surface area (Å²) >= 11 is 0. The molecule has 25 heavy (non-hydrogen) atoms. The molecular formula is C18H29N3O3S. The minimum absolute atomic E-state index is 0.0699. The first kappa shape index (κ1) is 19.9. The Morgan fingerprint density at radius 1 is 1.12 bits per heavy atom. The standard InChI is InChI=1S/C18H29N3O3S/c1-3-5-6-10-18(22)19-16-8-7-9-17(15-16)25(23,24)21-13-11-20(4-2)12-14-21/h7-9,15H,3-6,10-14H2,1-2H3,(H,19,22). The monoisotopic (exact) mass is 367 g/mol. The van der Waals surface area contributed by atoms with E-state index in [1.165, 1.54) is 4.31 Å². The van der Waals surface area contributed by atoms with Gasteiger partial charge in [-0.05, 0) is 31.2 Å². The number of hydrogen-bond donors (Lipinski definition) is 1. The molecule has 140 valence electrons. The fourth-order valence-electron chi connectivity index (χ4n) is 2.93. The van der Waals surface area contributed by atoms with Gasteiger partial charge in [0.05, 0.1) is 4.90 Å². The van der Waals surface area contributed by atoms with Gasteiger partial charge in [0.15, 0.2) is 0 Å². The third-order valence-electron chi connectivity index (χ3n) is 4.54. The molecule has 2 rings (SSSR count). The van der Waals surface area contributed by atoms with Crippen LogP contribution >= 0.6 is 0 Å². The quantitative estimate of drug-likeness (QED) is 0.717. The number of amides is 1. The molecule has 0 bridgehead atoms. The lowest BCUT2D eigenvalue weighted by molar-refractivity contribution is -0.116. The minimum Gasteiger partial charge on any atom is -0.326 e. The topological polar surface area (TPSA) is 69.7 Å². The third-order valence-corrected chi connectivity index (χ3v) is 6.44. The van der Waals surface area contributed by atoms with Gasteiger partial charge in [0.25, 0.3) is 0 Å². The summed E-state index contributed by atoms with van der Waals surface area (Å²) in [6.45, 7) is 7.62. The van der Waals surface area contributed by atoms with E-state index in [1.54, 1.807) is 24.3 Å². The maximum absolute atomic E-state index is 12.8. The van der Waals surface area contributed by atoms with Crippen molar-refractivity contribution in [3.63, 3.8) is 0 Å². The second-order valence-corrected chi connectivity index (χ2v) is 8.31. The van der Waals surface area contributed by atoms with E-state index >= 15 is 0 Å². The number of unbranched alkanes of at least 4 members (excludes halogenated alkanes) is 2. The highest BCUT2D eigenvalue weighted by atomic mass is 32.2. The highest BCUT2D eigenvalue weighted by Gasteiger charge is 2.28. The van der Waals surface area contributed by atoms with Crippen molar-refractivity contribution < 1.29 is 13.2 Å². The molecule has 0 atom stereocenters. The molecule has 1 aliphatic rings. The number of sulfonamides is 1. The number of rotatable bonds is 8. The van der Waals surface area contributed by atoms with Gasteiger partial charge in [-0.25, -0.2) is 8.42 Å². The third kappa shape index (κ3) is 5.52. The van der Waals surface area contributed by atoms with Crippen LogP contribution in [0.25, 0.3) is 0 Å². The van der Waals surface area contributed by atoms with Crippen LogP contribution < -0.4 is 5.32 Å². The molecule has 1 N–H and O–H groups in total. The Hall–Kier alpha value is -1.44. The first-order chi connectivity index (χ1) is 12.0. The van der Waals surface area contributed by atoms with Crippen molar-refractivity contribution in [2.45, 2.75) is 44.4 Å². The van der Waals surface area contributed by atoms with E-state index in [9.17, 15) is 13.2 Å². The van der Waals surface area contributed by atoms with Gasteiger partial charge < -0.3 is 10.2 Å². The minimum atomic E-state index is -3.52. The Balaban J connectivity index is 2.03. The second kappa shape index (κ2) is 9.31. The van der Waals surface area contributed by atoms with Crippen LogP contribution in [0.2, 0.25) is 0 Å². The zero-order valence-corrected chi connectivity index (χ0v) is 16.0. The predicted molar refractivity (Wildman–Crippen MR) is 100 cm³/mol. The molecule has 1 heterocycles. The highest BCUT2D eigenvalue weighted by Crippen LogP contribution is 2.21.